The number of rotatable bonds is 6. The molecule has 1 rings (SSSR count). The number of aliphatic hydroxyl groups is 1. The molecule has 0 saturated carbocycles. The molecular formula is C14H19NO4S. The van der Waals surface area contributed by atoms with Gasteiger partial charge in [-0.15, -0.1) is 0 Å². The van der Waals surface area contributed by atoms with Crippen LogP contribution >= 0.6 is 0 Å². The highest BCUT2D eigenvalue weighted by Gasteiger charge is 2.16. The highest BCUT2D eigenvalue weighted by atomic mass is 32.2. The minimum Gasteiger partial charge on any atom is -0.384 e. The molecule has 0 aliphatic carbocycles. The number of hydrogen-bond acceptors (Lipinski definition) is 4. The average molecular weight is 297 g/mol. The molecule has 0 aromatic heterocycles. The molecule has 6 heteroatoms. The lowest BCUT2D eigenvalue weighted by Gasteiger charge is -2.14. The predicted molar refractivity (Wildman–Crippen MR) is 76.7 cm³/mol. The van der Waals surface area contributed by atoms with E-state index in [1.807, 2.05) is 6.92 Å². The van der Waals surface area contributed by atoms with Gasteiger partial charge >= 0.3 is 0 Å². The summed E-state index contributed by atoms with van der Waals surface area (Å²) in [5, 5.41) is 8.59. The van der Waals surface area contributed by atoms with E-state index < -0.39 is 10.0 Å². The quantitative estimate of drug-likeness (QED) is 0.759. The van der Waals surface area contributed by atoms with Crippen LogP contribution in [0.2, 0.25) is 0 Å². The Morgan fingerprint density at radius 1 is 1.35 bits per heavy atom. The van der Waals surface area contributed by atoms with Crippen LogP contribution in [-0.2, 0) is 14.8 Å². The summed E-state index contributed by atoms with van der Waals surface area (Å²) in [5.74, 6) is 5.21. The van der Waals surface area contributed by atoms with Crippen LogP contribution in [-0.4, -0.2) is 39.4 Å². The fourth-order valence-corrected chi connectivity index (χ4v) is 2.75. The largest absolute Gasteiger partial charge is 0.384 e. The molecule has 1 aromatic carbocycles. The van der Waals surface area contributed by atoms with Crippen LogP contribution in [0.5, 0.6) is 0 Å². The first kappa shape index (κ1) is 16.7. The Balaban J connectivity index is 2.77. The van der Waals surface area contributed by atoms with Crippen LogP contribution in [0.25, 0.3) is 0 Å². The van der Waals surface area contributed by atoms with Gasteiger partial charge in [0, 0.05) is 18.2 Å². The maximum Gasteiger partial charge on any atom is 0.240 e. The third kappa shape index (κ3) is 5.31. The Hall–Kier alpha value is -1.39. The van der Waals surface area contributed by atoms with Crippen LogP contribution in [0.15, 0.2) is 29.2 Å². The van der Waals surface area contributed by atoms with Crippen molar-refractivity contribution in [1.82, 2.24) is 4.72 Å². The molecule has 0 heterocycles. The van der Waals surface area contributed by atoms with E-state index in [1.54, 1.807) is 19.1 Å². The molecule has 5 nitrogen and oxygen atoms in total. The predicted octanol–water partition coefficient (Wildman–Crippen LogP) is 0.734. The smallest absolute Gasteiger partial charge is 0.240 e. The topological polar surface area (TPSA) is 75.6 Å². The normalized spacial score (nSPS) is 12.6. The summed E-state index contributed by atoms with van der Waals surface area (Å²) >= 11 is 0. The number of ether oxygens (including phenoxy) is 1. The van der Waals surface area contributed by atoms with Gasteiger partial charge in [-0.2, -0.15) is 0 Å². The first-order valence-corrected chi connectivity index (χ1v) is 7.77. The first-order valence-electron chi connectivity index (χ1n) is 6.29. The van der Waals surface area contributed by atoms with Gasteiger partial charge in [-0.05, 0) is 38.1 Å². The highest BCUT2D eigenvalue weighted by molar-refractivity contribution is 7.89. The van der Waals surface area contributed by atoms with Crippen molar-refractivity contribution >= 4 is 10.0 Å². The highest BCUT2D eigenvalue weighted by Crippen LogP contribution is 2.10. The van der Waals surface area contributed by atoms with Gasteiger partial charge in [0.25, 0.3) is 0 Å². The fourth-order valence-electron chi connectivity index (χ4n) is 1.52. The molecule has 20 heavy (non-hydrogen) atoms. The van der Waals surface area contributed by atoms with Crippen molar-refractivity contribution in [3.63, 3.8) is 0 Å². The number of aliphatic hydroxyl groups excluding tert-OH is 1. The van der Waals surface area contributed by atoms with Crippen molar-refractivity contribution in [2.24, 2.45) is 0 Å². The molecule has 0 spiro atoms. The van der Waals surface area contributed by atoms with E-state index in [-0.39, 0.29) is 17.5 Å². The average Bonchev–Trinajstić information content (AvgIpc) is 2.43. The number of sulfonamides is 1. The van der Waals surface area contributed by atoms with Gasteiger partial charge in [0.15, 0.2) is 0 Å². The SMILES string of the molecule is CCOCC(C)NS(=O)(=O)c1ccc(C#CCO)cc1. The first-order chi connectivity index (χ1) is 9.49. The van der Waals surface area contributed by atoms with E-state index in [1.165, 1.54) is 12.1 Å². The third-order valence-electron chi connectivity index (χ3n) is 2.40. The molecule has 0 bridgehead atoms. The number of benzene rings is 1. The standard InChI is InChI=1S/C14H19NO4S/c1-3-19-11-12(2)15-20(17,18)14-8-6-13(7-9-14)5-4-10-16/h6-9,12,15-16H,3,10-11H2,1-2H3. The zero-order valence-electron chi connectivity index (χ0n) is 11.6. The molecule has 0 radical (unpaired) electrons. The zero-order valence-corrected chi connectivity index (χ0v) is 12.4. The Labute approximate surface area is 120 Å². The summed E-state index contributed by atoms with van der Waals surface area (Å²) in [6.45, 7) is 4.25. The van der Waals surface area contributed by atoms with Crippen molar-refractivity contribution in [3.8, 4) is 11.8 Å². The van der Waals surface area contributed by atoms with Crippen molar-refractivity contribution in [2.75, 3.05) is 19.8 Å². The van der Waals surface area contributed by atoms with Crippen molar-refractivity contribution in [1.29, 1.82) is 0 Å². The molecule has 1 unspecified atom stereocenters. The molecular weight excluding hydrogens is 278 g/mol. The lowest BCUT2D eigenvalue weighted by molar-refractivity contribution is 0.133. The van der Waals surface area contributed by atoms with Crippen molar-refractivity contribution in [3.05, 3.63) is 29.8 Å². The molecule has 2 N–H and O–H groups in total. The van der Waals surface area contributed by atoms with Crippen LogP contribution in [0.3, 0.4) is 0 Å². The van der Waals surface area contributed by atoms with Crippen LogP contribution in [0, 0.1) is 11.8 Å². The second kappa shape index (κ2) is 8.02. The Morgan fingerprint density at radius 2 is 2.00 bits per heavy atom. The summed E-state index contributed by atoms with van der Waals surface area (Å²) < 4.78 is 31.9. The van der Waals surface area contributed by atoms with Gasteiger partial charge in [-0.3, -0.25) is 0 Å². The molecule has 1 aromatic rings. The fraction of sp³-hybridized carbons (Fsp3) is 0.429. The molecule has 1 atom stereocenters. The van der Waals surface area contributed by atoms with Gasteiger partial charge in [-0.1, -0.05) is 11.8 Å². The Kier molecular flexibility index (Phi) is 6.68. The van der Waals surface area contributed by atoms with Crippen LogP contribution in [0.4, 0.5) is 0 Å². The Bertz CT molecular complexity index is 569. The van der Waals surface area contributed by atoms with E-state index in [2.05, 4.69) is 16.6 Å². The van der Waals surface area contributed by atoms with Gasteiger partial charge < -0.3 is 9.84 Å². The summed E-state index contributed by atoms with van der Waals surface area (Å²) in [6.07, 6.45) is 0. The van der Waals surface area contributed by atoms with E-state index in [0.717, 1.165) is 0 Å². The minimum atomic E-state index is -3.55. The Morgan fingerprint density at radius 3 is 2.55 bits per heavy atom. The molecule has 0 amide bonds. The molecule has 0 aliphatic rings. The number of nitrogens with one attached hydrogen (secondary N) is 1. The third-order valence-corrected chi connectivity index (χ3v) is 4.01. The van der Waals surface area contributed by atoms with E-state index in [4.69, 9.17) is 9.84 Å². The van der Waals surface area contributed by atoms with Gasteiger partial charge in [0.1, 0.15) is 6.61 Å². The van der Waals surface area contributed by atoms with Crippen LogP contribution in [0.1, 0.15) is 19.4 Å². The summed E-state index contributed by atoms with van der Waals surface area (Å²) in [5.41, 5.74) is 0.653. The van der Waals surface area contributed by atoms with E-state index in [0.29, 0.717) is 18.8 Å². The summed E-state index contributed by atoms with van der Waals surface area (Å²) in [6, 6.07) is 5.87. The maximum atomic E-state index is 12.1. The zero-order chi connectivity index (χ0) is 15.0. The number of hydrogen-bond donors (Lipinski definition) is 2. The molecule has 0 aliphatic heterocycles. The second-order valence-electron chi connectivity index (χ2n) is 4.17. The molecule has 0 saturated heterocycles. The summed E-state index contributed by atoms with van der Waals surface area (Å²) in [4.78, 5) is 0.176. The lowest BCUT2D eigenvalue weighted by atomic mass is 10.2. The second-order valence-corrected chi connectivity index (χ2v) is 5.88. The van der Waals surface area contributed by atoms with Crippen molar-refractivity contribution in [2.45, 2.75) is 24.8 Å². The minimum absolute atomic E-state index is 0.176. The molecule has 0 fully saturated rings. The monoisotopic (exact) mass is 297 g/mol. The van der Waals surface area contributed by atoms with Crippen molar-refractivity contribution < 1.29 is 18.3 Å². The lowest BCUT2D eigenvalue weighted by Crippen LogP contribution is -2.35. The van der Waals surface area contributed by atoms with E-state index >= 15 is 0 Å². The van der Waals surface area contributed by atoms with Gasteiger partial charge in [0.05, 0.1) is 11.5 Å². The van der Waals surface area contributed by atoms with E-state index in [9.17, 15) is 8.42 Å². The maximum absolute atomic E-state index is 12.1. The van der Waals surface area contributed by atoms with Gasteiger partial charge in [0.2, 0.25) is 10.0 Å². The summed E-state index contributed by atoms with van der Waals surface area (Å²) in [7, 11) is -3.55. The molecule has 110 valence electrons. The van der Waals surface area contributed by atoms with Crippen LogP contribution < -0.4 is 4.72 Å². The van der Waals surface area contributed by atoms with Gasteiger partial charge in [-0.25, -0.2) is 13.1 Å².